The van der Waals surface area contributed by atoms with Crippen LogP contribution in [0.4, 0.5) is 0 Å². The Morgan fingerprint density at radius 2 is 0.979 bits per heavy atom. The molecule has 1 aliphatic carbocycles. The number of benzene rings is 7. The van der Waals surface area contributed by atoms with Gasteiger partial charge in [0, 0.05) is 18.0 Å². The number of aromatic nitrogens is 3. The zero-order chi connectivity index (χ0) is 30.9. The molecule has 0 aliphatic heterocycles. The Labute approximate surface area is 272 Å². The van der Waals surface area contributed by atoms with Gasteiger partial charge in [0.05, 0.1) is 5.69 Å². The summed E-state index contributed by atoms with van der Waals surface area (Å²) in [6.07, 6.45) is 5.60. The second-order valence-electron chi connectivity index (χ2n) is 12.2. The number of hydrogen-bond acceptors (Lipinski definition) is 2. The molecule has 0 amide bonds. The van der Waals surface area contributed by atoms with Crippen LogP contribution in [0, 0.1) is 0 Å². The summed E-state index contributed by atoms with van der Waals surface area (Å²) in [5.41, 5.74) is 15.7. The monoisotopic (exact) mass is 597 g/mol. The first kappa shape index (κ1) is 26.0. The van der Waals surface area contributed by atoms with Gasteiger partial charge in [-0.1, -0.05) is 140 Å². The van der Waals surface area contributed by atoms with Crippen LogP contribution in [0.5, 0.6) is 0 Å². The standard InChI is InChI=1S/C44H27N3/c1-3-10-30(11-4-1)40-34-14-7-8-15-35(34)41(31-12-5-2-6-13-31)44-37-23-22-32(33-16-9-17-36(42(33)37)43(40)44)28-18-20-29(21-19-28)38-26-47-27-45-25-24-39(47)46-38/h1-27H. The second-order valence-corrected chi connectivity index (χ2v) is 12.2. The summed E-state index contributed by atoms with van der Waals surface area (Å²) < 4.78 is 1.96. The van der Waals surface area contributed by atoms with Gasteiger partial charge in [0.1, 0.15) is 12.0 Å². The van der Waals surface area contributed by atoms with Crippen LogP contribution in [-0.4, -0.2) is 14.4 Å². The third kappa shape index (κ3) is 3.87. The summed E-state index contributed by atoms with van der Waals surface area (Å²) in [5.74, 6) is 0. The van der Waals surface area contributed by atoms with E-state index in [9.17, 15) is 0 Å². The Kier molecular flexibility index (Phi) is 5.57. The van der Waals surface area contributed by atoms with Gasteiger partial charge >= 0.3 is 0 Å². The molecule has 0 saturated carbocycles. The van der Waals surface area contributed by atoms with E-state index in [2.05, 4.69) is 145 Å². The average molecular weight is 598 g/mol. The molecule has 2 aromatic heterocycles. The Morgan fingerprint density at radius 1 is 0.404 bits per heavy atom. The van der Waals surface area contributed by atoms with Gasteiger partial charge in [-0.15, -0.1) is 0 Å². The number of hydrogen-bond donors (Lipinski definition) is 0. The fourth-order valence-electron chi connectivity index (χ4n) is 7.66. The molecule has 0 unspecified atom stereocenters. The summed E-state index contributed by atoms with van der Waals surface area (Å²) in [7, 11) is 0. The van der Waals surface area contributed by atoms with Crippen molar-refractivity contribution in [1.29, 1.82) is 0 Å². The lowest BCUT2D eigenvalue weighted by atomic mass is 9.82. The second kappa shape index (κ2) is 10.1. The van der Waals surface area contributed by atoms with E-state index < -0.39 is 0 Å². The third-order valence-corrected chi connectivity index (χ3v) is 9.67. The van der Waals surface area contributed by atoms with Gasteiger partial charge in [0.15, 0.2) is 0 Å². The maximum Gasteiger partial charge on any atom is 0.140 e. The molecule has 2 heterocycles. The minimum atomic E-state index is 0.892. The molecule has 0 radical (unpaired) electrons. The van der Waals surface area contributed by atoms with Crippen LogP contribution in [0.3, 0.4) is 0 Å². The van der Waals surface area contributed by atoms with Gasteiger partial charge in [0.2, 0.25) is 0 Å². The fourth-order valence-corrected chi connectivity index (χ4v) is 7.66. The molecule has 0 N–H and O–H groups in total. The van der Waals surface area contributed by atoms with Crippen LogP contribution in [0.25, 0.3) is 94.1 Å². The zero-order valence-corrected chi connectivity index (χ0v) is 25.4. The highest BCUT2D eigenvalue weighted by molar-refractivity contribution is 6.28. The summed E-state index contributed by atoms with van der Waals surface area (Å²) in [4.78, 5) is 9.02. The predicted octanol–water partition coefficient (Wildman–Crippen LogP) is 11.4. The van der Waals surface area contributed by atoms with Gasteiger partial charge in [0.25, 0.3) is 0 Å². The van der Waals surface area contributed by atoms with Crippen molar-refractivity contribution in [2.75, 3.05) is 0 Å². The number of imidazole rings is 1. The van der Waals surface area contributed by atoms with Crippen molar-refractivity contribution in [2.24, 2.45) is 0 Å². The van der Waals surface area contributed by atoms with Crippen LogP contribution in [0.1, 0.15) is 0 Å². The molecule has 1 aliphatic rings. The van der Waals surface area contributed by atoms with Crippen molar-refractivity contribution in [3.05, 3.63) is 164 Å². The highest BCUT2D eigenvalue weighted by Gasteiger charge is 2.31. The van der Waals surface area contributed by atoms with Crippen molar-refractivity contribution in [3.8, 4) is 66.9 Å². The SMILES string of the molecule is c1ccc(-c2c3c(c(-c4ccccc4)c4ccccc24)-c2ccc(-c4ccc(-c5cn6cnccc6n5)cc4)c4cccc-3c24)cc1. The van der Waals surface area contributed by atoms with Crippen molar-refractivity contribution >= 4 is 27.2 Å². The van der Waals surface area contributed by atoms with E-state index in [1.165, 1.54) is 77.2 Å². The molecule has 7 aromatic carbocycles. The third-order valence-electron chi connectivity index (χ3n) is 9.67. The zero-order valence-electron chi connectivity index (χ0n) is 25.4. The molecular formula is C44H27N3. The van der Waals surface area contributed by atoms with E-state index in [-0.39, 0.29) is 0 Å². The molecule has 0 atom stereocenters. The molecule has 9 aromatic rings. The van der Waals surface area contributed by atoms with Crippen molar-refractivity contribution in [1.82, 2.24) is 14.4 Å². The minimum Gasteiger partial charge on any atom is -0.290 e. The minimum absolute atomic E-state index is 0.892. The highest BCUT2D eigenvalue weighted by Crippen LogP contribution is 2.58. The largest absolute Gasteiger partial charge is 0.290 e. The molecule has 0 saturated heterocycles. The van der Waals surface area contributed by atoms with Gasteiger partial charge in [-0.25, -0.2) is 9.97 Å². The Balaban J connectivity index is 1.23. The van der Waals surface area contributed by atoms with Crippen LogP contribution in [-0.2, 0) is 0 Å². The molecule has 47 heavy (non-hydrogen) atoms. The number of fused-ring (bicyclic) bond motifs is 5. The Hall–Kier alpha value is -6.32. The predicted molar refractivity (Wildman–Crippen MR) is 194 cm³/mol. The van der Waals surface area contributed by atoms with Crippen molar-refractivity contribution in [3.63, 3.8) is 0 Å². The molecule has 218 valence electrons. The summed E-state index contributed by atoms with van der Waals surface area (Å²) in [5, 5.41) is 5.14. The number of rotatable bonds is 4. The summed E-state index contributed by atoms with van der Waals surface area (Å²) in [6, 6.07) is 53.0. The van der Waals surface area contributed by atoms with E-state index in [4.69, 9.17) is 4.98 Å². The van der Waals surface area contributed by atoms with E-state index in [0.717, 1.165) is 16.9 Å². The molecule has 0 spiro atoms. The molecular weight excluding hydrogens is 571 g/mol. The van der Waals surface area contributed by atoms with E-state index >= 15 is 0 Å². The topological polar surface area (TPSA) is 30.2 Å². The Bertz CT molecular complexity index is 2530. The van der Waals surface area contributed by atoms with Crippen molar-refractivity contribution < 1.29 is 0 Å². The number of nitrogens with zero attached hydrogens (tertiary/aromatic N) is 3. The van der Waals surface area contributed by atoms with E-state index in [1.54, 1.807) is 12.5 Å². The molecule has 0 fully saturated rings. The molecule has 10 rings (SSSR count). The van der Waals surface area contributed by atoms with Crippen LogP contribution in [0.2, 0.25) is 0 Å². The quantitative estimate of drug-likeness (QED) is 0.202. The maximum atomic E-state index is 4.80. The lowest BCUT2D eigenvalue weighted by Crippen LogP contribution is -1.93. The van der Waals surface area contributed by atoms with Gasteiger partial charge in [-0.2, -0.15) is 0 Å². The van der Waals surface area contributed by atoms with Gasteiger partial charge in [-0.3, -0.25) is 4.40 Å². The average Bonchev–Trinajstić information content (AvgIpc) is 3.72. The fraction of sp³-hybridized carbons (Fsp3) is 0. The van der Waals surface area contributed by atoms with Crippen LogP contribution in [0.15, 0.2) is 164 Å². The first-order valence-corrected chi connectivity index (χ1v) is 16.0. The molecule has 3 nitrogen and oxygen atoms in total. The Morgan fingerprint density at radius 3 is 1.64 bits per heavy atom. The van der Waals surface area contributed by atoms with Crippen LogP contribution >= 0.6 is 0 Å². The lowest BCUT2D eigenvalue weighted by Gasteiger charge is -2.20. The summed E-state index contributed by atoms with van der Waals surface area (Å²) in [6.45, 7) is 0. The normalized spacial score (nSPS) is 11.8. The first-order chi connectivity index (χ1) is 23.3. The first-order valence-electron chi connectivity index (χ1n) is 16.0. The summed E-state index contributed by atoms with van der Waals surface area (Å²) >= 11 is 0. The highest BCUT2D eigenvalue weighted by atomic mass is 15.0. The molecule has 3 heteroatoms. The smallest absolute Gasteiger partial charge is 0.140 e. The van der Waals surface area contributed by atoms with Gasteiger partial charge in [-0.05, 0) is 83.2 Å². The lowest BCUT2D eigenvalue weighted by molar-refractivity contribution is 1.09. The maximum absolute atomic E-state index is 4.80. The van der Waals surface area contributed by atoms with Gasteiger partial charge < -0.3 is 0 Å². The molecule has 0 bridgehead atoms. The van der Waals surface area contributed by atoms with Crippen molar-refractivity contribution in [2.45, 2.75) is 0 Å². The van der Waals surface area contributed by atoms with E-state index in [1.807, 2.05) is 16.7 Å². The van der Waals surface area contributed by atoms with Crippen LogP contribution < -0.4 is 0 Å². The van der Waals surface area contributed by atoms with E-state index in [0.29, 0.717) is 0 Å².